The number of ether oxygens (including phenoxy) is 2. The van der Waals surface area contributed by atoms with Gasteiger partial charge in [0, 0.05) is 23.5 Å². The Morgan fingerprint density at radius 1 is 1.18 bits per heavy atom. The molecule has 0 saturated carbocycles. The molecule has 0 radical (unpaired) electrons. The number of hydrogen-bond acceptors (Lipinski definition) is 5. The van der Waals surface area contributed by atoms with Crippen molar-refractivity contribution in [1.29, 1.82) is 0 Å². The Bertz CT molecular complexity index is 871. The van der Waals surface area contributed by atoms with E-state index in [2.05, 4.69) is 5.32 Å². The molecule has 0 bridgehead atoms. The molecule has 2 aliphatic rings. The maximum Gasteiger partial charge on any atom is 0.227 e. The van der Waals surface area contributed by atoms with E-state index in [4.69, 9.17) is 9.47 Å². The van der Waals surface area contributed by atoms with E-state index in [1.54, 1.807) is 16.7 Å². The van der Waals surface area contributed by atoms with Gasteiger partial charge in [-0.05, 0) is 42.7 Å². The van der Waals surface area contributed by atoms with E-state index in [1.165, 1.54) is 0 Å². The Labute approximate surface area is 168 Å². The summed E-state index contributed by atoms with van der Waals surface area (Å²) in [6, 6.07) is 15.3. The summed E-state index contributed by atoms with van der Waals surface area (Å²) in [6.07, 6.45) is 1.99. The second-order valence-corrected chi connectivity index (χ2v) is 7.73. The van der Waals surface area contributed by atoms with Crippen LogP contribution < -0.4 is 19.7 Å². The van der Waals surface area contributed by atoms with Crippen molar-refractivity contribution in [3.63, 3.8) is 0 Å². The first-order valence-electron chi connectivity index (χ1n) is 9.24. The Morgan fingerprint density at radius 3 is 2.68 bits per heavy atom. The quantitative estimate of drug-likeness (QED) is 0.785. The molecule has 2 aromatic carbocycles. The van der Waals surface area contributed by atoms with Gasteiger partial charge in [-0.25, -0.2) is 0 Å². The van der Waals surface area contributed by atoms with Crippen molar-refractivity contribution in [2.24, 2.45) is 5.92 Å². The summed E-state index contributed by atoms with van der Waals surface area (Å²) in [5.41, 5.74) is 0.832. The summed E-state index contributed by atoms with van der Waals surface area (Å²) in [5.74, 6) is 0.894. The number of hydrogen-bond donors (Lipinski definition) is 1. The minimum absolute atomic E-state index is 0.0248. The topological polar surface area (TPSA) is 67.9 Å². The second-order valence-electron chi connectivity index (χ2n) is 6.85. The van der Waals surface area contributed by atoms with Gasteiger partial charge in [0.05, 0.1) is 12.5 Å². The zero-order valence-corrected chi connectivity index (χ0v) is 16.4. The third-order valence-corrected chi connectivity index (χ3v) is 5.69. The van der Waals surface area contributed by atoms with Crippen LogP contribution in [0.25, 0.3) is 0 Å². The summed E-state index contributed by atoms with van der Waals surface area (Å²) < 4.78 is 11.5. The van der Waals surface area contributed by atoms with Gasteiger partial charge in [0.2, 0.25) is 11.8 Å². The van der Waals surface area contributed by atoms with Gasteiger partial charge < -0.3 is 19.7 Å². The zero-order chi connectivity index (χ0) is 19.5. The van der Waals surface area contributed by atoms with Gasteiger partial charge in [-0.3, -0.25) is 9.59 Å². The van der Waals surface area contributed by atoms with Gasteiger partial charge in [0.25, 0.3) is 0 Å². The normalized spacial score (nSPS) is 20.9. The van der Waals surface area contributed by atoms with Gasteiger partial charge in [0.1, 0.15) is 12.7 Å². The number of nitrogens with one attached hydrogen (secondary N) is 1. The van der Waals surface area contributed by atoms with Crippen LogP contribution in [-0.4, -0.2) is 43.9 Å². The monoisotopic (exact) mass is 398 g/mol. The molecule has 2 heterocycles. The van der Waals surface area contributed by atoms with Crippen molar-refractivity contribution in [2.75, 3.05) is 30.9 Å². The number of anilines is 1. The van der Waals surface area contributed by atoms with Crippen LogP contribution in [0.15, 0.2) is 53.4 Å². The van der Waals surface area contributed by atoms with Crippen LogP contribution in [0.4, 0.5) is 5.69 Å². The van der Waals surface area contributed by atoms with E-state index in [9.17, 15) is 9.59 Å². The highest BCUT2D eigenvalue weighted by atomic mass is 32.2. The Hall–Kier alpha value is -2.67. The van der Waals surface area contributed by atoms with Crippen LogP contribution in [0, 0.1) is 5.92 Å². The average Bonchev–Trinajstić information content (AvgIpc) is 3.13. The highest BCUT2D eigenvalue weighted by Gasteiger charge is 2.35. The van der Waals surface area contributed by atoms with Crippen molar-refractivity contribution in [1.82, 2.24) is 5.32 Å². The summed E-state index contributed by atoms with van der Waals surface area (Å²) in [4.78, 5) is 27.8. The van der Waals surface area contributed by atoms with E-state index in [0.717, 1.165) is 16.3 Å². The third kappa shape index (κ3) is 3.94. The standard InChI is InChI=1S/C21H22N2O4S/c1-28-17-8-6-15(7-9-17)23-12-14(10-20(23)24)21(25)22-11-16-13-26-18-4-2-3-5-19(18)27-16/h2-9,14,16H,10-13H2,1H3,(H,22,25)/t14-,16+/m0/s1. The predicted octanol–water partition coefficient (Wildman–Crippen LogP) is 2.72. The number of para-hydroxylation sites is 2. The SMILES string of the molecule is CSc1ccc(N2C[C@@H](C(=O)NC[C@@H]3COc4ccccc4O3)CC2=O)cc1. The fraction of sp³-hybridized carbons (Fsp3) is 0.333. The molecule has 0 aromatic heterocycles. The van der Waals surface area contributed by atoms with Crippen LogP contribution in [0.1, 0.15) is 6.42 Å². The second kappa shape index (κ2) is 8.14. The molecule has 28 heavy (non-hydrogen) atoms. The van der Waals surface area contributed by atoms with E-state index in [0.29, 0.717) is 25.4 Å². The highest BCUT2D eigenvalue weighted by Crippen LogP contribution is 2.31. The van der Waals surface area contributed by atoms with Crippen LogP contribution in [0.2, 0.25) is 0 Å². The lowest BCUT2D eigenvalue weighted by Gasteiger charge is -2.26. The van der Waals surface area contributed by atoms with Crippen LogP contribution in [0.5, 0.6) is 11.5 Å². The van der Waals surface area contributed by atoms with E-state index in [-0.39, 0.29) is 30.3 Å². The summed E-state index contributed by atoms with van der Waals surface area (Å²) in [5, 5.41) is 2.91. The molecular weight excluding hydrogens is 376 g/mol. The molecule has 0 unspecified atom stereocenters. The first kappa shape index (κ1) is 18.7. The van der Waals surface area contributed by atoms with Crippen molar-refractivity contribution >= 4 is 29.3 Å². The minimum Gasteiger partial charge on any atom is -0.486 e. The van der Waals surface area contributed by atoms with Crippen molar-refractivity contribution in [2.45, 2.75) is 17.4 Å². The van der Waals surface area contributed by atoms with E-state index < -0.39 is 0 Å². The largest absolute Gasteiger partial charge is 0.486 e. The average molecular weight is 398 g/mol. The number of benzene rings is 2. The van der Waals surface area contributed by atoms with E-state index in [1.807, 2.05) is 54.8 Å². The van der Waals surface area contributed by atoms with Crippen molar-refractivity contribution in [3.05, 3.63) is 48.5 Å². The molecule has 2 aromatic rings. The van der Waals surface area contributed by atoms with Gasteiger partial charge in [0.15, 0.2) is 11.5 Å². The highest BCUT2D eigenvalue weighted by molar-refractivity contribution is 7.98. The lowest BCUT2D eigenvalue weighted by atomic mass is 10.1. The molecule has 2 aliphatic heterocycles. The van der Waals surface area contributed by atoms with Crippen LogP contribution >= 0.6 is 11.8 Å². The molecule has 0 spiro atoms. The summed E-state index contributed by atoms with van der Waals surface area (Å²) in [6.45, 7) is 1.13. The predicted molar refractivity (Wildman–Crippen MR) is 108 cm³/mol. The molecule has 0 aliphatic carbocycles. The number of fused-ring (bicyclic) bond motifs is 1. The maximum atomic E-state index is 12.6. The Balaban J connectivity index is 1.31. The molecule has 4 rings (SSSR count). The fourth-order valence-corrected chi connectivity index (χ4v) is 3.83. The molecule has 2 amide bonds. The smallest absolute Gasteiger partial charge is 0.227 e. The van der Waals surface area contributed by atoms with Crippen molar-refractivity contribution < 1.29 is 19.1 Å². The lowest BCUT2D eigenvalue weighted by molar-refractivity contribution is -0.126. The number of carbonyl (C=O) groups excluding carboxylic acids is 2. The number of nitrogens with zero attached hydrogens (tertiary/aromatic N) is 1. The molecule has 6 nitrogen and oxygen atoms in total. The molecular formula is C21H22N2O4S. The van der Waals surface area contributed by atoms with Gasteiger partial charge in [-0.2, -0.15) is 0 Å². The minimum atomic E-state index is -0.357. The first-order chi connectivity index (χ1) is 13.6. The molecule has 146 valence electrons. The fourth-order valence-electron chi connectivity index (χ4n) is 3.42. The zero-order valence-electron chi connectivity index (χ0n) is 15.6. The van der Waals surface area contributed by atoms with Gasteiger partial charge >= 0.3 is 0 Å². The lowest BCUT2D eigenvalue weighted by Crippen LogP contribution is -2.43. The number of carbonyl (C=O) groups is 2. The maximum absolute atomic E-state index is 12.6. The van der Waals surface area contributed by atoms with Gasteiger partial charge in [-0.1, -0.05) is 12.1 Å². The summed E-state index contributed by atoms with van der Waals surface area (Å²) >= 11 is 1.65. The van der Waals surface area contributed by atoms with Crippen molar-refractivity contribution in [3.8, 4) is 11.5 Å². The number of amides is 2. The molecule has 2 atom stereocenters. The Kier molecular flexibility index (Phi) is 5.43. The van der Waals surface area contributed by atoms with Crippen LogP contribution in [-0.2, 0) is 9.59 Å². The summed E-state index contributed by atoms with van der Waals surface area (Å²) in [7, 11) is 0. The molecule has 7 heteroatoms. The molecule has 1 N–H and O–H groups in total. The van der Waals surface area contributed by atoms with Gasteiger partial charge in [-0.15, -0.1) is 11.8 Å². The molecule has 1 saturated heterocycles. The Morgan fingerprint density at radius 2 is 1.93 bits per heavy atom. The number of rotatable bonds is 5. The van der Waals surface area contributed by atoms with E-state index >= 15 is 0 Å². The number of thioether (sulfide) groups is 1. The first-order valence-corrected chi connectivity index (χ1v) is 10.5. The van der Waals surface area contributed by atoms with Crippen LogP contribution in [0.3, 0.4) is 0 Å². The third-order valence-electron chi connectivity index (χ3n) is 4.95. The molecule has 1 fully saturated rings.